The summed E-state index contributed by atoms with van der Waals surface area (Å²) in [5.41, 5.74) is 0.200. The second-order valence-electron chi connectivity index (χ2n) is 3.83. The molecule has 102 valence electrons. The molecule has 0 aliphatic heterocycles. The molecular formula is C12H9F3O3S. The summed E-state index contributed by atoms with van der Waals surface area (Å²) in [4.78, 5) is 10.4. The smallest absolute Gasteiger partial charge is 0.425 e. The summed E-state index contributed by atoms with van der Waals surface area (Å²) in [6.07, 6.45) is -5.89. The maximum absolute atomic E-state index is 12.6. The number of aliphatic hydroxyl groups is 1. The predicted molar refractivity (Wildman–Crippen MR) is 63.8 cm³/mol. The van der Waals surface area contributed by atoms with E-state index in [0.717, 1.165) is 13.2 Å². The van der Waals surface area contributed by atoms with Gasteiger partial charge in [-0.15, -0.1) is 11.3 Å². The van der Waals surface area contributed by atoms with Gasteiger partial charge in [-0.25, -0.2) is 4.79 Å². The third kappa shape index (κ3) is 2.71. The van der Waals surface area contributed by atoms with Gasteiger partial charge >= 0.3 is 12.1 Å². The number of fused-ring (bicyclic) bond motifs is 1. The minimum Gasteiger partial charge on any atom is -0.467 e. The lowest BCUT2D eigenvalue weighted by Gasteiger charge is -2.08. The van der Waals surface area contributed by atoms with Crippen LogP contribution in [0.4, 0.5) is 13.2 Å². The van der Waals surface area contributed by atoms with E-state index in [1.54, 1.807) is 0 Å². The third-order valence-corrected chi connectivity index (χ3v) is 3.72. The quantitative estimate of drug-likeness (QED) is 0.864. The SMILES string of the molecule is COC(=O)C(O)c1ccc2sc(C(F)(F)F)cc2c1. The number of methoxy groups -OCH3 is 1. The van der Waals surface area contributed by atoms with Gasteiger partial charge in [0, 0.05) is 4.70 Å². The number of hydrogen-bond donors (Lipinski definition) is 1. The molecule has 1 heterocycles. The van der Waals surface area contributed by atoms with Crippen molar-refractivity contribution >= 4 is 27.4 Å². The van der Waals surface area contributed by atoms with Gasteiger partial charge in [0.25, 0.3) is 0 Å². The van der Waals surface area contributed by atoms with Gasteiger partial charge in [-0.1, -0.05) is 6.07 Å². The highest BCUT2D eigenvalue weighted by Gasteiger charge is 2.32. The summed E-state index contributed by atoms with van der Waals surface area (Å²) in [7, 11) is 1.12. The molecule has 1 atom stereocenters. The average molecular weight is 290 g/mol. The summed E-state index contributed by atoms with van der Waals surface area (Å²) >= 11 is 0.616. The molecule has 0 radical (unpaired) electrons. The molecule has 0 aliphatic carbocycles. The number of alkyl halides is 3. The van der Waals surface area contributed by atoms with Crippen molar-refractivity contribution in [3.63, 3.8) is 0 Å². The molecule has 0 fully saturated rings. The van der Waals surface area contributed by atoms with E-state index in [2.05, 4.69) is 4.74 Å². The third-order valence-electron chi connectivity index (χ3n) is 2.56. The monoisotopic (exact) mass is 290 g/mol. The maximum Gasteiger partial charge on any atom is 0.425 e. The number of benzene rings is 1. The number of rotatable bonds is 2. The lowest BCUT2D eigenvalue weighted by molar-refractivity contribution is -0.150. The summed E-state index contributed by atoms with van der Waals surface area (Å²) < 4.78 is 42.5. The fourth-order valence-corrected chi connectivity index (χ4v) is 2.53. The van der Waals surface area contributed by atoms with Crippen LogP contribution < -0.4 is 0 Å². The van der Waals surface area contributed by atoms with Crippen molar-refractivity contribution < 1.29 is 27.8 Å². The Morgan fingerprint density at radius 3 is 2.63 bits per heavy atom. The van der Waals surface area contributed by atoms with Crippen LogP contribution in [-0.4, -0.2) is 18.2 Å². The maximum atomic E-state index is 12.6. The van der Waals surface area contributed by atoms with Crippen LogP contribution in [0.5, 0.6) is 0 Å². The minimum atomic E-state index is -4.40. The number of thiophene rings is 1. The predicted octanol–water partition coefficient (Wildman–Crippen LogP) is 3.13. The molecule has 2 rings (SSSR count). The molecule has 0 aliphatic rings. The van der Waals surface area contributed by atoms with Crippen LogP contribution >= 0.6 is 11.3 Å². The molecule has 1 aromatic heterocycles. The van der Waals surface area contributed by atoms with Crippen molar-refractivity contribution in [3.05, 3.63) is 34.7 Å². The molecule has 0 amide bonds. The Labute approximate surface area is 110 Å². The fraction of sp³-hybridized carbons (Fsp3) is 0.250. The normalized spacial score (nSPS) is 13.5. The number of carbonyl (C=O) groups is 1. The van der Waals surface area contributed by atoms with Gasteiger partial charge in [-0.05, 0) is 29.1 Å². The van der Waals surface area contributed by atoms with Crippen LogP contribution in [-0.2, 0) is 15.7 Å². The first-order chi connectivity index (χ1) is 8.82. The first-order valence-electron chi connectivity index (χ1n) is 5.19. The van der Waals surface area contributed by atoms with Crippen LogP contribution in [0.15, 0.2) is 24.3 Å². The van der Waals surface area contributed by atoms with Crippen molar-refractivity contribution in [1.29, 1.82) is 0 Å². The lowest BCUT2D eigenvalue weighted by atomic mass is 10.1. The number of ether oxygens (including phenoxy) is 1. The molecule has 0 spiro atoms. The van der Waals surface area contributed by atoms with Crippen LogP contribution in [0, 0.1) is 0 Å². The van der Waals surface area contributed by atoms with Gasteiger partial charge < -0.3 is 9.84 Å². The van der Waals surface area contributed by atoms with Gasteiger partial charge in [0.1, 0.15) is 4.88 Å². The van der Waals surface area contributed by atoms with Crippen LogP contribution in [0.2, 0.25) is 0 Å². The van der Waals surface area contributed by atoms with Crippen LogP contribution in [0.3, 0.4) is 0 Å². The topological polar surface area (TPSA) is 46.5 Å². The Balaban J connectivity index is 2.43. The van der Waals surface area contributed by atoms with Crippen LogP contribution in [0.25, 0.3) is 10.1 Å². The van der Waals surface area contributed by atoms with Crippen molar-refractivity contribution in [2.45, 2.75) is 12.3 Å². The Bertz CT molecular complexity index is 618. The first kappa shape index (κ1) is 13.8. The van der Waals surface area contributed by atoms with E-state index < -0.39 is 23.1 Å². The van der Waals surface area contributed by atoms with E-state index in [4.69, 9.17) is 0 Å². The van der Waals surface area contributed by atoms with Gasteiger partial charge in [-0.2, -0.15) is 13.2 Å². The Morgan fingerprint density at radius 2 is 2.05 bits per heavy atom. The van der Waals surface area contributed by atoms with Crippen molar-refractivity contribution in [1.82, 2.24) is 0 Å². The highest BCUT2D eigenvalue weighted by Crippen LogP contribution is 2.38. The highest BCUT2D eigenvalue weighted by molar-refractivity contribution is 7.19. The van der Waals surface area contributed by atoms with Crippen molar-refractivity contribution in [2.24, 2.45) is 0 Å². The van der Waals surface area contributed by atoms with Crippen molar-refractivity contribution in [2.75, 3.05) is 7.11 Å². The van der Waals surface area contributed by atoms with E-state index in [1.165, 1.54) is 18.2 Å². The molecule has 3 nitrogen and oxygen atoms in total. The Hall–Kier alpha value is -1.60. The van der Waals surface area contributed by atoms with Gasteiger partial charge in [0.2, 0.25) is 0 Å². The zero-order valence-electron chi connectivity index (χ0n) is 9.69. The van der Waals surface area contributed by atoms with Crippen molar-refractivity contribution in [3.8, 4) is 0 Å². The second-order valence-corrected chi connectivity index (χ2v) is 4.92. The molecule has 0 saturated carbocycles. The highest BCUT2D eigenvalue weighted by atomic mass is 32.1. The molecule has 1 aromatic carbocycles. The molecule has 7 heteroatoms. The number of aliphatic hydroxyl groups excluding tert-OH is 1. The van der Waals surface area contributed by atoms with E-state index in [9.17, 15) is 23.1 Å². The molecule has 2 aromatic rings. The molecule has 0 saturated heterocycles. The lowest BCUT2D eigenvalue weighted by Crippen LogP contribution is -2.13. The molecule has 1 N–H and O–H groups in total. The standard InChI is InChI=1S/C12H9F3O3S/c1-18-11(17)10(16)6-2-3-8-7(4-6)5-9(19-8)12(13,14)15/h2-5,10,16H,1H3. The summed E-state index contributed by atoms with van der Waals surface area (Å²) in [6.45, 7) is 0. The number of hydrogen-bond acceptors (Lipinski definition) is 4. The van der Waals surface area contributed by atoms with E-state index in [1.807, 2.05) is 0 Å². The van der Waals surface area contributed by atoms with Gasteiger partial charge in [-0.3, -0.25) is 0 Å². The Kier molecular flexibility index (Phi) is 3.51. The molecular weight excluding hydrogens is 281 g/mol. The zero-order valence-corrected chi connectivity index (χ0v) is 10.5. The largest absolute Gasteiger partial charge is 0.467 e. The van der Waals surface area contributed by atoms with E-state index in [-0.39, 0.29) is 5.56 Å². The molecule has 0 bridgehead atoms. The number of esters is 1. The fourth-order valence-electron chi connectivity index (χ4n) is 1.62. The first-order valence-corrected chi connectivity index (χ1v) is 6.01. The van der Waals surface area contributed by atoms with E-state index in [0.29, 0.717) is 21.4 Å². The molecule has 1 unspecified atom stereocenters. The number of halogens is 3. The van der Waals surface area contributed by atoms with Gasteiger partial charge in [0.05, 0.1) is 7.11 Å². The summed E-state index contributed by atoms with van der Waals surface area (Å²) in [5, 5.41) is 9.95. The van der Waals surface area contributed by atoms with Gasteiger partial charge in [0.15, 0.2) is 6.10 Å². The summed E-state index contributed by atoms with van der Waals surface area (Å²) in [5.74, 6) is -0.856. The minimum absolute atomic E-state index is 0.200. The Morgan fingerprint density at radius 1 is 1.37 bits per heavy atom. The second kappa shape index (κ2) is 4.82. The number of carbonyl (C=O) groups excluding carboxylic acids is 1. The zero-order chi connectivity index (χ0) is 14.2. The van der Waals surface area contributed by atoms with Crippen LogP contribution in [0.1, 0.15) is 16.5 Å². The average Bonchev–Trinajstić information content (AvgIpc) is 2.79. The van der Waals surface area contributed by atoms with E-state index >= 15 is 0 Å². The summed E-state index contributed by atoms with van der Waals surface area (Å²) in [6, 6.07) is 5.19. The molecule has 19 heavy (non-hydrogen) atoms.